The molecule has 26 heavy (non-hydrogen) atoms. The predicted octanol–water partition coefficient (Wildman–Crippen LogP) is 3.79. The van der Waals surface area contributed by atoms with Crippen molar-refractivity contribution in [3.05, 3.63) is 72.1 Å². The van der Waals surface area contributed by atoms with Crippen molar-refractivity contribution in [1.29, 1.82) is 0 Å². The van der Waals surface area contributed by atoms with E-state index in [0.29, 0.717) is 18.7 Å². The molecule has 0 bridgehead atoms. The number of carbonyl (C=O) groups excluding carboxylic acids is 1. The number of aromatic nitrogens is 2. The number of esters is 1. The molecule has 3 aromatic heterocycles. The molecule has 5 nitrogen and oxygen atoms in total. The molecule has 3 heterocycles. The minimum Gasteiger partial charge on any atom is -0.462 e. The molecule has 130 valence electrons. The summed E-state index contributed by atoms with van der Waals surface area (Å²) in [6, 6.07) is 15.8. The largest absolute Gasteiger partial charge is 0.462 e. The fourth-order valence-corrected chi connectivity index (χ4v) is 3.21. The molecule has 2 N–H and O–H groups in total. The molecule has 0 amide bonds. The molecule has 0 unspecified atom stereocenters. The first-order chi connectivity index (χ1) is 12.7. The maximum Gasteiger partial charge on any atom is 0.340 e. The number of nitrogens with zero attached hydrogens (tertiary/aromatic N) is 2. The van der Waals surface area contributed by atoms with Gasteiger partial charge in [-0.05, 0) is 42.8 Å². The Kier molecular flexibility index (Phi) is 4.14. The molecule has 4 aromatic rings. The first-order valence-electron chi connectivity index (χ1n) is 8.57. The SMILES string of the molecule is CCOC(=O)c1cc2cc(CN)ccn2c1-c1cnc2ccccc2c1. The van der Waals surface area contributed by atoms with Gasteiger partial charge in [-0.25, -0.2) is 4.79 Å². The van der Waals surface area contributed by atoms with Gasteiger partial charge < -0.3 is 14.9 Å². The van der Waals surface area contributed by atoms with E-state index in [0.717, 1.165) is 33.2 Å². The highest BCUT2D eigenvalue weighted by Gasteiger charge is 2.20. The van der Waals surface area contributed by atoms with Crippen LogP contribution in [0.2, 0.25) is 0 Å². The molecule has 4 rings (SSSR count). The van der Waals surface area contributed by atoms with E-state index in [1.807, 2.05) is 59.1 Å². The van der Waals surface area contributed by atoms with Crippen LogP contribution in [0.15, 0.2) is 60.9 Å². The van der Waals surface area contributed by atoms with Crippen LogP contribution >= 0.6 is 0 Å². The van der Waals surface area contributed by atoms with E-state index < -0.39 is 0 Å². The lowest BCUT2D eigenvalue weighted by atomic mass is 10.1. The van der Waals surface area contributed by atoms with Crippen LogP contribution in [0.4, 0.5) is 0 Å². The van der Waals surface area contributed by atoms with Gasteiger partial charge >= 0.3 is 5.97 Å². The van der Waals surface area contributed by atoms with Crippen LogP contribution in [-0.4, -0.2) is 22.0 Å². The number of nitrogens with two attached hydrogens (primary N) is 1. The van der Waals surface area contributed by atoms with Gasteiger partial charge in [0.15, 0.2) is 0 Å². The summed E-state index contributed by atoms with van der Waals surface area (Å²) in [5.74, 6) is -0.339. The van der Waals surface area contributed by atoms with Gasteiger partial charge in [-0.1, -0.05) is 18.2 Å². The highest BCUT2D eigenvalue weighted by atomic mass is 16.5. The quantitative estimate of drug-likeness (QED) is 0.571. The van der Waals surface area contributed by atoms with Gasteiger partial charge in [-0.3, -0.25) is 4.98 Å². The Morgan fingerprint density at radius 2 is 2.04 bits per heavy atom. The van der Waals surface area contributed by atoms with Gasteiger partial charge in [0.05, 0.1) is 23.4 Å². The lowest BCUT2D eigenvalue weighted by Crippen LogP contribution is -2.05. The van der Waals surface area contributed by atoms with Crippen molar-refractivity contribution in [2.45, 2.75) is 13.5 Å². The van der Waals surface area contributed by atoms with Crippen LogP contribution in [0.3, 0.4) is 0 Å². The fraction of sp³-hybridized carbons (Fsp3) is 0.143. The predicted molar refractivity (Wildman–Crippen MR) is 102 cm³/mol. The van der Waals surface area contributed by atoms with Gasteiger partial charge in [0.25, 0.3) is 0 Å². The van der Waals surface area contributed by atoms with Crippen LogP contribution in [-0.2, 0) is 11.3 Å². The van der Waals surface area contributed by atoms with Crippen LogP contribution in [0.1, 0.15) is 22.8 Å². The minimum atomic E-state index is -0.339. The zero-order valence-corrected chi connectivity index (χ0v) is 14.5. The van der Waals surface area contributed by atoms with Crippen LogP contribution < -0.4 is 5.73 Å². The van der Waals surface area contributed by atoms with E-state index >= 15 is 0 Å². The van der Waals surface area contributed by atoms with Crippen molar-refractivity contribution in [3.8, 4) is 11.3 Å². The molecule has 0 spiro atoms. The van der Waals surface area contributed by atoms with Crippen molar-refractivity contribution in [3.63, 3.8) is 0 Å². The molecular weight excluding hydrogens is 326 g/mol. The van der Waals surface area contributed by atoms with Crippen LogP contribution in [0.25, 0.3) is 27.7 Å². The summed E-state index contributed by atoms with van der Waals surface area (Å²) >= 11 is 0. The van der Waals surface area contributed by atoms with Gasteiger partial charge in [0.2, 0.25) is 0 Å². The Balaban J connectivity index is 1.98. The zero-order valence-electron chi connectivity index (χ0n) is 14.5. The number of ether oxygens (including phenoxy) is 1. The van der Waals surface area contributed by atoms with Gasteiger partial charge in [0.1, 0.15) is 0 Å². The Hall–Kier alpha value is -3.18. The van der Waals surface area contributed by atoms with Gasteiger partial charge in [-0.2, -0.15) is 0 Å². The van der Waals surface area contributed by atoms with Gasteiger partial charge in [0, 0.05) is 35.4 Å². The normalized spacial score (nSPS) is 11.2. The second kappa shape index (κ2) is 6.61. The summed E-state index contributed by atoms with van der Waals surface area (Å²) in [5, 5.41) is 1.02. The second-order valence-corrected chi connectivity index (χ2v) is 6.08. The third kappa shape index (κ3) is 2.72. The molecule has 0 atom stereocenters. The van der Waals surface area contributed by atoms with E-state index in [2.05, 4.69) is 4.98 Å². The van der Waals surface area contributed by atoms with Crippen LogP contribution in [0, 0.1) is 0 Å². The average molecular weight is 345 g/mol. The molecular formula is C21H19N3O2. The van der Waals surface area contributed by atoms with E-state index in [4.69, 9.17) is 10.5 Å². The van der Waals surface area contributed by atoms with Gasteiger partial charge in [-0.15, -0.1) is 0 Å². The molecule has 0 radical (unpaired) electrons. The smallest absolute Gasteiger partial charge is 0.340 e. The van der Waals surface area contributed by atoms with Crippen LogP contribution in [0.5, 0.6) is 0 Å². The third-order valence-corrected chi connectivity index (χ3v) is 4.43. The molecule has 0 aliphatic carbocycles. The number of rotatable bonds is 4. The van der Waals surface area contributed by atoms with E-state index in [1.165, 1.54) is 0 Å². The van der Waals surface area contributed by atoms with E-state index in [1.54, 1.807) is 13.1 Å². The van der Waals surface area contributed by atoms with Crippen molar-refractivity contribution < 1.29 is 9.53 Å². The Morgan fingerprint density at radius 3 is 2.85 bits per heavy atom. The molecule has 0 aliphatic heterocycles. The summed E-state index contributed by atoms with van der Waals surface area (Å²) in [6.45, 7) is 2.58. The number of fused-ring (bicyclic) bond motifs is 2. The highest BCUT2D eigenvalue weighted by Crippen LogP contribution is 2.30. The van der Waals surface area contributed by atoms with E-state index in [9.17, 15) is 4.79 Å². The third-order valence-electron chi connectivity index (χ3n) is 4.43. The number of hydrogen-bond acceptors (Lipinski definition) is 4. The second-order valence-electron chi connectivity index (χ2n) is 6.08. The lowest BCUT2D eigenvalue weighted by molar-refractivity contribution is 0.0527. The number of benzene rings is 1. The fourth-order valence-electron chi connectivity index (χ4n) is 3.21. The summed E-state index contributed by atoms with van der Waals surface area (Å²) in [5.41, 5.74) is 10.8. The summed E-state index contributed by atoms with van der Waals surface area (Å²) in [7, 11) is 0. The monoisotopic (exact) mass is 345 g/mol. The number of para-hydroxylation sites is 1. The molecule has 0 fully saturated rings. The maximum atomic E-state index is 12.5. The molecule has 0 saturated carbocycles. The first kappa shape index (κ1) is 16.3. The van der Waals surface area contributed by atoms with Crippen molar-refractivity contribution in [2.24, 2.45) is 5.73 Å². The summed E-state index contributed by atoms with van der Waals surface area (Å²) < 4.78 is 7.25. The standard InChI is InChI=1S/C21H19N3O2/c1-2-26-21(25)18-11-17-9-14(12-22)7-8-24(17)20(18)16-10-15-5-3-4-6-19(15)23-13-16/h3-11,13H,2,12,22H2,1H3. The van der Waals surface area contributed by atoms with Crippen molar-refractivity contribution in [2.75, 3.05) is 6.61 Å². The number of carbonyl (C=O) groups is 1. The molecule has 0 saturated heterocycles. The first-order valence-corrected chi connectivity index (χ1v) is 8.57. The lowest BCUT2D eigenvalue weighted by Gasteiger charge is -2.08. The Morgan fingerprint density at radius 1 is 1.19 bits per heavy atom. The Bertz CT molecular complexity index is 1110. The highest BCUT2D eigenvalue weighted by molar-refractivity contribution is 6.00. The van der Waals surface area contributed by atoms with Crippen molar-refractivity contribution in [1.82, 2.24) is 9.38 Å². The maximum absolute atomic E-state index is 12.5. The average Bonchev–Trinajstić information content (AvgIpc) is 3.06. The Labute approximate surface area is 151 Å². The minimum absolute atomic E-state index is 0.328. The van der Waals surface area contributed by atoms with Crippen molar-refractivity contribution >= 4 is 22.4 Å². The number of pyridine rings is 2. The van der Waals surface area contributed by atoms with E-state index in [-0.39, 0.29) is 5.97 Å². The summed E-state index contributed by atoms with van der Waals surface area (Å²) in [4.78, 5) is 17.1. The number of hydrogen-bond donors (Lipinski definition) is 1. The zero-order chi connectivity index (χ0) is 18.1. The molecule has 5 heteroatoms. The molecule has 0 aliphatic rings. The topological polar surface area (TPSA) is 69.6 Å². The summed E-state index contributed by atoms with van der Waals surface area (Å²) in [6.07, 6.45) is 3.73. The molecule has 1 aromatic carbocycles.